The number of aliphatic imine (C=N–C) groups is 1. The van der Waals surface area contributed by atoms with Crippen molar-refractivity contribution in [2.75, 3.05) is 36.9 Å². The maximum absolute atomic E-state index is 9.51. The zero-order valence-corrected chi connectivity index (χ0v) is 23.4. The first kappa shape index (κ1) is 29.4. The van der Waals surface area contributed by atoms with Gasteiger partial charge in [0.25, 0.3) is 0 Å². The summed E-state index contributed by atoms with van der Waals surface area (Å²) in [6.45, 7) is 18.6. The number of aliphatic hydroxyl groups is 1. The van der Waals surface area contributed by atoms with Crippen LogP contribution in [-0.2, 0) is 4.74 Å². The molecule has 0 saturated heterocycles. The molecule has 0 spiro atoms. The molecule has 0 fully saturated rings. The monoisotopic (exact) mass is 499 g/mol. The van der Waals surface area contributed by atoms with Crippen molar-refractivity contribution in [3.63, 3.8) is 0 Å². The lowest BCUT2D eigenvalue weighted by Crippen LogP contribution is -2.21. The van der Waals surface area contributed by atoms with Crippen molar-refractivity contribution in [3.8, 4) is 11.3 Å². The fraction of sp³-hybridized carbons (Fsp3) is 0.607. The second-order valence-corrected chi connectivity index (χ2v) is 10.2. The van der Waals surface area contributed by atoms with Gasteiger partial charge in [0.1, 0.15) is 17.3 Å². The SMILES string of the molecule is C/C=N/C(=C\c1cc(-c2c(C)nc(NCC(C)(C)C)nc2NCCCC(CC)CO)oc1C)OCC. The number of nitrogens with one attached hydrogen (secondary N) is 2. The Hall–Kier alpha value is -2.87. The van der Waals surface area contributed by atoms with Gasteiger partial charge in [-0.15, -0.1) is 0 Å². The molecule has 0 amide bonds. The number of aryl methyl sites for hydroxylation is 2. The second kappa shape index (κ2) is 14.0. The van der Waals surface area contributed by atoms with Crippen LogP contribution in [0.5, 0.6) is 0 Å². The van der Waals surface area contributed by atoms with E-state index in [4.69, 9.17) is 19.1 Å². The van der Waals surface area contributed by atoms with Crippen molar-refractivity contribution in [2.24, 2.45) is 16.3 Å². The predicted octanol–water partition coefficient (Wildman–Crippen LogP) is 6.45. The number of hydrogen-bond acceptors (Lipinski definition) is 8. The van der Waals surface area contributed by atoms with E-state index in [2.05, 4.69) is 43.3 Å². The lowest BCUT2D eigenvalue weighted by molar-refractivity contribution is 0.213. The zero-order valence-electron chi connectivity index (χ0n) is 23.4. The van der Waals surface area contributed by atoms with E-state index in [1.54, 1.807) is 6.21 Å². The van der Waals surface area contributed by atoms with Gasteiger partial charge in [0.15, 0.2) is 0 Å². The van der Waals surface area contributed by atoms with Gasteiger partial charge in [0.05, 0.1) is 17.9 Å². The second-order valence-electron chi connectivity index (χ2n) is 10.2. The Balaban J connectivity index is 2.41. The van der Waals surface area contributed by atoms with Crippen molar-refractivity contribution in [1.29, 1.82) is 0 Å². The van der Waals surface area contributed by atoms with E-state index in [1.165, 1.54) is 0 Å². The molecule has 0 bridgehead atoms. The first-order chi connectivity index (χ1) is 17.1. The molecule has 3 N–H and O–H groups in total. The summed E-state index contributed by atoms with van der Waals surface area (Å²) in [4.78, 5) is 13.9. The molecule has 0 aromatic carbocycles. The number of furan rings is 1. The number of aliphatic hydroxyl groups excluding tert-OH is 1. The van der Waals surface area contributed by atoms with Crippen LogP contribution in [0.2, 0.25) is 0 Å². The summed E-state index contributed by atoms with van der Waals surface area (Å²) in [6, 6.07) is 1.98. The highest BCUT2D eigenvalue weighted by molar-refractivity contribution is 5.77. The summed E-state index contributed by atoms with van der Waals surface area (Å²) in [6.07, 6.45) is 6.46. The van der Waals surface area contributed by atoms with Crippen molar-refractivity contribution >= 4 is 24.1 Å². The Morgan fingerprint density at radius 1 is 1.22 bits per heavy atom. The summed E-state index contributed by atoms with van der Waals surface area (Å²) in [7, 11) is 0. The summed E-state index contributed by atoms with van der Waals surface area (Å²) < 4.78 is 11.8. The molecule has 2 aromatic rings. The molecule has 1 unspecified atom stereocenters. The first-order valence-corrected chi connectivity index (χ1v) is 13.0. The van der Waals surface area contributed by atoms with Crippen LogP contribution >= 0.6 is 0 Å². The van der Waals surface area contributed by atoms with Crippen LogP contribution in [0.4, 0.5) is 11.8 Å². The number of ether oxygens (including phenoxy) is 1. The number of nitrogens with zero attached hydrogens (tertiary/aromatic N) is 3. The van der Waals surface area contributed by atoms with Gasteiger partial charge in [-0.1, -0.05) is 34.1 Å². The third-order valence-corrected chi connectivity index (χ3v) is 5.81. The molecule has 36 heavy (non-hydrogen) atoms. The predicted molar refractivity (Wildman–Crippen MR) is 150 cm³/mol. The van der Waals surface area contributed by atoms with Crippen molar-refractivity contribution in [1.82, 2.24) is 9.97 Å². The van der Waals surface area contributed by atoms with Gasteiger partial charge in [0.2, 0.25) is 11.8 Å². The molecule has 2 rings (SSSR count). The van der Waals surface area contributed by atoms with Gasteiger partial charge in [-0.3, -0.25) is 0 Å². The van der Waals surface area contributed by atoms with Gasteiger partial charge in [-0.2, -0.15) is 4.98 Å². The summed E-state index contributed by atoms with van der Waals surface area (Å²) in [5, 5.41) is 16.4. The van der Waals surface area contributed by atoms with Crippen molar-refractivity contribution < 1.29 is 14.3 Å². The minimum Gasteiger partial charge on any atom is -0.478 e. The van der Waals surface area contributed by atoms with Crippen LogP contribution in [-0.4, -0.2) is 47.6 Å². The van der Waals surface area contributed by atoms with E-state index in [1.807, 2.05) is 39.8 Å². The van der Waals surface area contributed by atoms with E-state index in [9.17, 15) is 5.11 Å². The van der Waals surface area contributed by atoms with Gasteiger partial charge in [-0.25, -0.2) is 9.98 Å². The van der Waals surface area contributed by atoms with Crippen molar-refractivity contribution in [2.45, 2.75) is 74.7 Å². The van der Waals surface area contributed by atoms with E-state index >= 15 is 0 Å². The molecule has 200 valence electrons. The molecule has 0 aliphatic rings. The Morgan fingerprint density at radius 2 is 1.97 bits per heavy atom. The quantitative estimate of drug-likeness (QED) is 0.156. The van der Waals surface area contributed by atoms with Crippen LogP contribution < -0.4 is 10.6 Å². The number of anilines is 2. The summed E-state index contributed by atoms with van der Waals surface area (Å²) >= 11 is 0. The Morgan fingerprint density at radius 3 is 2.58 bits per heavy atom. The molecule has 1 atom stereocenters. The van der Waals surface area contributed by atoms with E-state index in [0.717, 1.165) is 60.8 Å². The minimum atomic E-state index is 0.0988. The maximum atomic E-state index is 9.51. The molecule has 0 aliphatic heterocycles. The lowest BCUT2D eigenvalue weighted by atomic mass is 9.97. The summed E-state index contributed by atoms with van der Waals surface area (Å²) in [5.74, 6) is 3.65. The largest absolute Gasteiger partial charge is 0.478 e. The van der Waals surface area contributed by atoms with Crippen LogP contribution in [0, 0.1) is 25.2 Å². The third-order valence-electron chi connectivity index (χ3n) is 5.81. The van der Waals surface area contributed by atoms with Gasteiger partial charge < -0.3 is 24.9 Å². The molecule has 8 heteroatoms. The van der Waals surface area contributed by atoms with E-state index in [0.29, 0.717) is 30.1 Å². The average Bonchev–Trinajstić information content (AvgIpc) is 3.17. The molecular formula is C28H45N5O3. The smallest absolute Gasteiger partial charge is 0.224 e. The van der Waals surface area contributed by atoms with Crippen LogP contribution in [0.1, 0.15) is 77.8 Å². The normalized spacial score (nSPS) is 13.3. The molecular weight excluding hydrogens is 454 g/mol. The molecule has 2 aromatic heterocycles. The zero-order chi connectivity index (χ0) is 26.7. The molecule has 2 heterocycles. The first-order valence-electron chi connectivity index (χ1n) is 13.0. The lowest BCUT2D eigenvalue weighted by Gasteiger charge is -2.20. The average molecular weight is 500 g/mol. The van der Waals surface area contributed by atoms with Crippen LogP contribution in [0.15, 0.2) is 21.4 Å². The fourth-order valence-corrected chi connectivity index (χ4v) is 3.73. The van der Waals surface area contributed by atoms with Gasteiger partial charge >= 0.3 is 0 Å². The molecule has 0 saturated carbocycles. The highest BCUT2D eigenvalue weighted by atomic mass is 16.5. The molecule has 0 radical (unpaired) electrons. The maximum Gasteiger partial charge on any atom is 0.224 e. The van der Waals surface area contributed by atoms with Crippen molar-refractivity contribution in [3.05, 3.63) is 29.0 Å². The highest BCUT2D eigenvalue weighted by Crippen LogP contribution is 2.34. The van der Waals surface area contributed by atoms with E-state index in [-0.39, 0.29) is 12.0 Å². The number of aromatic nitrogens is 2. The number of rotatable bonds is 14. The Kier molecular flexibility index (Phi) is 11.4. The van der Waals surface area contributed by atoms with Crippen LogP contribution in [0.25, 0.3) is 17.4 Å². The standard InChI is InChI=1S/C28H45N5O3/c1-9-21(17-34)13-12-14-30-26-25(19(4)32-27(33-26)31-18-28(6,7)8)23-15-22(20(5)36-23)16-24(29-10-2)35-11-3/h10,15-16,21,34H,9,11-14,17-18H2,1-8H3,(H2,30,31,32,33)/b24-16+,29-10+. The molecule has 8 nitrogen and oxygen atoms in total. The minimum absolute atomic E-state index is 0.0988. The fourth-order valence-electron chi connectivity index (χ4n) is 3.73. The van der Waals surface area contributed by atoms with Gasteiger partial charge in [-0.05, 0) is 57.9 Å². The number of hydrogen-bond donors (Lipinski definition) is 3. The Labute approximate surface area is 216 Å². The third kappa shape index (κ3) is 8.97. The van der Waals surface area contributed by atoms with Crippen LogP contribution in [0.3, 0.4) is 0 Å². The highest BCUT2D eigenvalue weighted by Gasteiger charge is 2.20. The summed E-state index contributed by atoms with van der Waals surface area (Å²) in [5.41, 5.74) is 2.66. The molecule has 0 aliphatic carbocycles. The Bertz CT molecular complexity index is 1020. The van der Waals surface area contributed by atoms with Gasteiger partial charge in [0, 0.05) is 37.6 Å². The topological polar surface area (TPSA) is 105 Å². The van der Waals surface area contributed by atoms with E-state index < -0.39 is 0 Å².